The lowest BCUT2D eigenvalue weighted by molar-refractivity contribution is -0.139. The summed E-state index contributed by atoms with van der Waals surface area (Å²) in [6.07, 6.45) is 5.22. The highest BCUT2D eigenvalue weighted by molar-refractivity contribution is 5.83. The third-order valence-electron chi connectivity index (χ3n) is 5.21. The Bertz CT molecular complexity index is 319. The molecule has 0 radical (unpaired) electrons. The van der Waals surface area contributed by atoms with Gasteiger partial charge in [0.15, 0.2) is 0 Å². The molecule has 2 rings (SSSR count). The van der Waals surface area contributed by atoms with E-state index in [1.54, 1.807) is 0 Å². The third-order valence-corrected chi connectivity index (χ3v) is 5.21. The molecule has 0 bridgehead atoms. The van der Waals surface area contributed by atoms with Gasteiger partial charge in [0, 0.05) is 17.8 Å². The van der Waals surface area contributed by atoms with Crippen molar-refractivity contribution in [3.05, 3.63) is 0 Å². The fourth-order valence-electron chi connectivity index (χ4n) is 4.50. The molecule has 0 amide bonds. The Balaban J connectivity index is 2.30. The Labute approximate surface area is 105 Å². The molecular weight excluding hydrogens is 212 g/mol. The first-order chi connectivity index (χ1) is 7.78. The van der Waals surface area contributed by atoms with Gasteiger partial charge in [0.1, 0.15) is 5.78 Å². The van der Waals surface area contributed by atoms with E-state index in [0.29, 0.717) is 5.78 Å². The molecule has 2 aliphatic carbocycles. The van der Waals surface area contributed by atoms with Crippen LogP contribution in [0, 0.1) is 23.2 Å². The van der Waals surface area contributed by atoms with Crippen molar-refractivity contribution in [1.29, 1.82) is 0 Å². The molecule has 1 N–H and O–H groups in total. The minimum absolute atomic E-state index is 0.0929. The number of ketones is 1. The highest BCUT2D eigenvalue weighted by Crippen LogP contribution is 2.58. The molecule has 0 heterocycles. The fraction of sp³-hybridized carbons (Fsp3) is 0.933. The average molecular weight is 238 g/mol. The zero-order chi connectivity index (χ0) is 12.8. The number of hydrogen-bond donors (Lipinski definition) is 1. The van der Waals surface area contributed by atoms with Crippen LogP contribution in [-0.4, -0.2) is 16.5 Å². The zero-order valence-corrected chi connectivity index (χ0v) is 11.6. The van der Waals surface area contributed by atoms with E-state index in [1.165, 1.54) is 6.42 Å². The predicted molar refractivity (Wildman–Crippen MR) is 68.6 cm³/mol. The summed E-state index contributed by atoms with van der Waals surface area (Å²) >= 11 is 0. The second-order valence-corrected chi connectivity index (χ2v) is 7.04. The van der Waals surface area contributed by atoms with E-state index in [9.17, 15) is 9.90 Å². The van der Waals surface area contributed by atoms with Crippen molar-refractivity contribution in [3.8, 4) is 0 Å². The summed E-state index contributed by atoms with van der Waals surface area (Å²) in [5, 5.41) is 10.7. The van der Waals surface area contributed by atoms with Crippen LogP contribution in [0.25, 0.3) is 0 Å². The van der Waals surface area contributed by atoms with Gasteiger partial charge in [-0.3, -0.25) is 4.79 Å². The lowest BCUT2D eigenvalue weighted by Gasteiger charge is -2.48. The molecule has 0 aliphatic heterocycles. The topological polar surface area (TPSA) is 37.3 Å². The maximum Gasteiger partial charge on any atom is 0.138 e. The van der Waals surface area contributed by atoms with Gasteiger partial charge in [-0.15, -0.1) is 0 Å². The molecule has 0 aromatic heterocycles. The predicted octanol–water partition coefficient (Wildman–Crippen LogP) is 3.18. The van der Waals surface area contributed by atoms with E-state index in [1.807, 2.05) is 20.8 Å². The lowest BCUT2D eigenvalue weighted by Crippen LogP contribution is -2.49. The molecule has 0 aromatic carbocycles. The van der Waals surface area contributed by atoms with Crippen molar-refractivity contribution >= 4 is 5.78 Å². The summed E-state index contributed by atoms with van der Waals surface area (Å²) in [5.41, 5.74) is -0.449. The van der Waals surface area contributed by atoms with Crippen LogP contribution < -0.4 is 0 Å². The van der Waals surface area contributed by atoms with E-state index in [0.717, 1.165) is 25.7 Å². The Morgan fingerprint density at radius 3 is 2.47 bits per heavy atom. The van der Waals surface area contributed by atoms with Gasteiger partial charge in [-0.05, 0) is 38.0 Å². The molecule has 2 nitrogen and oxygen atoms in total. The van der Waals surface area contributed by atoms with Crippen LogP contribution in [0.15, 0.2) is 0 Å². The monoisotopic (exact) mass is 238 g/mol. The van der Waals surface area contributed by atoms with Crippen LogP contribution in [0.1, 0.15) is 59.8 Å². The second kappa shape index (κ2) is 4.08. The second-order valence-electron chi connectivity index (χ2n) is 7.04. The molecule has 4 atom stereocenters. The fourth-order valence-corrected chi connectivity index (χ4v) is 4.50. The maximum absolute atomic E-state index is 12.3. The molecule has 0 unspecified atom stereocenters. The summed E-state index contributed by atoms with van der Waals surface area (Å²) in [6, 6.07) is 0. The number of hydrogen-bond acceptors (Lipinski definition) is 2. The largest absolute Gasteiger partial charge is 0.390 e. The van der Waals surface area contributed by atoms with Gasteiger partial charge in [-0.25, -0.2) is 0 Å². The minimum Gasteiger partial charge on any atom is -0.390 e. The van der Waals surface area contributed by atoms with Crippen molar-refractivity contribution in [2.45, 2.75) is 65.4 Å². The van der Waals surface area contributed by atoms with Crippen LogP contribution >= 0.6 is 0 Å². The first kappa shape index (κ1) is 13.1. The van der Waals surface area contributed by atoms with E-state index in [2.05, 4.69) is 6.92 Å². The summed E-state index contributed by atoms with van der Waals surface area (Å²) in [5.74, 6) is 0.731. The number of rotatable bonds is 2. The van der Waals surface area contributed by atoms with Crippen molar-refractivity contribution in [2.75, 3.05) is 0 Å². The van der Waals surface area contributed by atoms with E-state index >= 15 is 0 Å². The molecule has 2 aliphatic rings. The molecule has 98 valence electrons. The quantitative estimate of drug-likeness (QED) is 0.802. The van der Waals surface area contributed by atoms with Crippen LogP contribution in [0.4, 0.5) is 0 Å². The van der Waals surface area contributed by atoms with Gasteiger partial charge >= 0.3 is 0 Å². The van der Waals surface area contributed by atoms with E-state index in [-0.39, 0.29) is 23.2 Å². The SMILES string of the molecule is CC(C)C(=O)[C@@H]1CC[C@]2(C)CCC[C@](C)(O)[C@@H]12. The van der Waals surface area contributed by atoms with Crippen molar-refractivity contribution in [2.24, 2.45) is 23.2 Å². The number of carbonyl (C=O) groups excluding carboxylic acids is 1. The Kier molecular flexibility index (Phi) is 3.14. The molecule has 0 spiro atoms. The molecule has 0 saturated heterocycles. The molecule has 2 heteroatoms. The van der Waals surface area contributed by atoms with Gasteiger partial charge in [0.2, 0.25) is 0 Å². The first-order valence-corrected chi connectivity index (χ1v) is 7.04. The van der Waals surface area contributed by atoms with Crippen molar-refractivity contribution in [1.82, 2.24) is 0 Å². The normalized spacial score (nSPS) is 46.0. The van der Waals surface area contributed by atoms with Crippen LogP contribution in [0.5, 0.6) is 0 Å². The van der Waals surface area contributed by atoms with Gasteiger partial charge in [-0.1, -0.05) is 27.2 Å². The lowest BCUT2D eigenvalue weighted by atomic mass is 9.60. The Morgan fingerprint density at radius 1 is 1.24 bits per heavy atom. The zero-order valence-electron chi connectivity index (χ0n) is 11.6. The molecule has 17 heavy (non-hydrogen) atoms. The van der Waals surface area contributed by atoms with Crippen LogP contribution in [0.2, 0.25) is 0 Å². The smallest absolute Gasteiger partial charge is 0.138 e. The van der Waals surface area contributed by atoms with Gasteiger partial charge in [0.05, 0.1) is 5.60 Å². The minimum atomic E-state index is -0.640. The van der Waals surface area contributed by atoms with Gasteiger partial charge in [0.25, 0.3) is 0 Å². The average Bonchev–Trinajstić information content (AvgIpc) is 2.55. The first-order valence-electron chi connectivity index (χ1n) is 7.04. The number of aliphatic hydroxyl groups is 1. The Morgan fingerprint density at radius 2 is 1.88 bits per heavy atom. The van der Waals surface area contributed by atoms with Crippen LogP contribution in [-0.2, 0) is 4.79 Å². The highest BCUT2D eigenvalue weighted by atomic mass is 16.3. The number of Topliss-reactive ketones (excluding diaryl/α,β-unsaturated/α-hetero) is 1. The summed E-state index contributed by atoms with van der Waals surface area (Å²) in [6.45, 7) is 8.19. The summed E-state index contributed by atoms with van der Waals surface area (Å²) < 4.78 is 0. The van der Waals surface area contributed by atoms with Crippen molar-refractivity contribution < 1.29 is 9.90 Å². The molecular formula is C15H26O2. The van der Waals surface area contributed by atoms with Crippen molar-refractivity contribution in [3.63, 3.8) is 0 Å². The number of fused-ring (bicyclic) bond motifs is 1. The van der Waals surface area contributed by atoms with Crippen LogP contribution in [0.3, 0.4) is 0 Å². The standard InChI is InChI=1S/C15H26O2/c1-10(2)12(16)11-6-9-14(3)7-5-8-15(4,17)13(11)14/h10-11,13,17H,5-9H2,1-4H3/t11-,13-,14-,15-/m0/s1. The molecule has 2 saturated carbocycles. The van der Waals surface area contributed by atoms with Gasteiger partial charge in [-0.2, -0.15) is 0 Å². The molecule has 2 fully saturated rings. The highest BCUT2D eigenvalue weighted by Gasteiger charge is 2.56. The number of carbonyl (C=O) groups is 1. The Hall–Kier alpha value is -0.370. The third kappa shape index (κ3) is 2.05. The van der Waals surface area contributed by atoms with E-state index in [4.69, 9.17) is 0 Å². The molecule has 0 aromatic rings. The summed E-state index contributed by atoms with van der Waals surface area (Å²) in [4.78, 5) is 12.3. The van der Waals surface area contributed by atoms with Gasteiger partial charge < -0.3 is 5.11 Å². The maximum atomic E-state index is 12.3. The van der Waals surface area contributed by atoms with E-state index < -0.39 is 5.60 Å². The summed E-state index contributed by atoms with van der Waals surface area (Å²) in [7, 11) is 0.